The molecular formula is C12H12O6. The predicted molar refractivity (Wildman–Crippen MR) is 61.8 cm³/mol. The fraction of sp³-hybridized carbons (Fsp3) is 0.167. The molecule has 96 valence electrons. The van der Waals surface area contributed by atoms with Crippen LogP contribution in [0.2, 0.25) is 0 Å². The van der Waals surface area contributed by atoms with Crippen molar-refractivity contribution in [3.05, 3.63) is 29.8 Å². The van der Waals surface area contributed by atoms with Crippen LogP contribution in [-0.4, -0.2) is 40.3 Å². The van der Waals surface area contributed by atoms with Crippen LogP contribution < -0.4 is 0 Å². The Bertz CT molecular complexity index is 491. The summed E-state index contributed by atoms with van der Waals surface area (Å²) >= 11 is 0. The molecule has 0 spiro atoms. The molecule has 6 heteroatoms. The van der Waals surface area contributed by atoms with Gasteiger partial charge in [-0.25, -0.2) is 4.79 Å². The van der Waals surface area contributed by atoms with Crippen molar-refractivity contribution >= 4 is 17.8 Å². The number of hydrogen-bond acceptors (Lipinski definition) is 6. The summed E-state index contributed by atoms with van der Waals surface area (Å²) in [4.78, 5) is 22.2. The average Bonchev–Trinajstić information content (AvgIpc) is 2.37. The van der Waals surface area contributed by atoms with Crippen molar-refractivity contribution in [2.75, 3.05) is 7.11 Å². The number of methoxy groups -OCH3 is 1. The summed E-state index contributed by atoms with van der Waals surface area (Å²) in [6.45, 7) is 0. The summed E-state index contributed by atoms with van der Waals surface area (Å²) in [6.07, 6.45) is 0.401. The molecule has 1 rings (SSSR count). The number of aromatic hydroxyl groups is 2. The van der Waals surface area contributed by atoms with Crippen LogP contribution in [0.4, 0.5) is 0 Å². The van der Waals surface area contributed by atoms with Crippen LogP contribution in [0.5, 0.6) is 11.5 Å². The van der Waals surface area contributed by atoms with Crippen molar-refractivity contribution in [1.29, 1.82) is 0 Å². The molecule has 0 aliphatic heterocycles. The fourth-order valence-electron chi connectivity index (χ4n) is 1.14. The van der Waals surface area contributed by atoms with Crippen LogP contribution >= 0.6 is 0 Å². The summed E-state index contributed by atoms with van der Waals surface area (Å²) in [7, 11) is 1.06. The molecule has 0 saturated heterocycles. The van der Waals surface area contributed by atoms with E-state index in [-0.39, 0.29) is 11.5 Å². The number of ketones is 1. The minimum Gasteiger partial charge on any atom is -0.504 e. The van der Waals surface area contributed by atoms with Gasteiger partial charge in [0.2, 0.25) is 6.10 Å². The van der Waals surface area contributed by atoms with Gasteiger partial charge in [-0.3, -0.25) is 4.79 Å². The van der Waals surface area contributed by atoms with E-state index in [1.807, 2.05) is 0 Å². The van der Waals surface area contributed by atoms with E-state index in [2.05, 4.69) is 4.74 Å². The van der Waals surface area contributed by atoms with E-state index in [9.17, 15) is 19.8 Å². The topological polar surface area (TPSA) is 104 Å². The smallest absolute Gasteiger partial charge is 0.342 e. The molecule has 0 amide bonds. The first-order chi connectivity index (χ1) is 8.45. The molecule has 18 heavy (non-hydrogen) atoms. The highest BCUT2D eigenvalue weighted by Crippen LogP contribution is 2.25. The highest BCUT2D eigenvalue weighted by molar-refractivity contribution is 6.09. The third kappa shape index (κ3) is 3.33. The zero-order valence-electron chi connectivity index (χ0n) is 9.53. The molecule has 3 N–H and O–H groups in total. The van der Waals surface area contributed by atoms with Crippen LogP contribution in [0.1, 0.15) is 5.56 Å². The Balaban J connectivity index is 2.77. The van der Waals surface area contributed by atoms with Gasteiger partial charge in [0.1, 0.15) is 0 Å². The number of aliphatic hydroxyl groups excluding tert-OH is 1. The van der Waals surface area contributed by atoms with Crippen LogP contribution in [0.25, 0.3) is 6.08 Å². The van der Waals surface area contributed by atoms with E-state index in [0.29, 0.717) is 5.56 Å². The van der Waals surface area contributed by atoms with Crippen LogP contribution in [0, 0.1) is 0 Å². The van der Waals surface area contributed by atoms with Gasteiger partial charge in [-0.05, 0) is 23.8 Å². The third-order valence-electron chi connectivity index (χ3n) is 2.13. The highest BCUT2D eigenvalue weighted by Gasteiger charge is 2.21. The van der Waals surface area contributed by atoms with Gasteiger partial charge in [-0.1, -0.05) is 12.1 Å². The summed E-state index contributed by atoms with van der Waals surface area (Å²) < 4.78 is 4.20. The highest BCUT2D eigenvalue weighted by atomic mass is 16.5. The Morgan fingerprint density at radius 2 is 1.94 bits per heavy atom. The summed E-state index contributed by atoms with van der Waals surface area (Å²) in [6, 6.07) is 3.92. The molecule has 0 aromatic heterocycles. The summed E-state index contributed by atoms with van der Waals surface area (Å²) in [5, 5.41) is 27.5. The maximum Gasteiger partial charge on any atom is 0.342 e. The molecule has 0 aliphatic rings. The lowest BCUT2D eigenvalue weighted by molar-refractivity contribution is -0.153. The maximum atomic E-state index is 11.3. The first-order valence-corrected chi connectivity index (χ1v) is 4.95. The Morgan fingerprint density at radius 1 is 1.28 bits per heavy atom. The second-order valence-corrected chi connectivity index (χ2v) is 3.41. The van der Waals surface area contributed by atoms with E-state index in [1.54, 1.807) is 0 Å². The van der Waals surface area contributed by atoms with E-state index < -0.39 is 17.9 Å². The van der Waals surface area contributed by atoms with Gasteiger partial charge in [0.15, 0.2) is 17.3 Å². The van der Waals surface area contributed by atoms with Crippen molar-refractivity contribution in [3.8, 4) is 11.5 Å². The number of phenolic OH excluding ortho intramolecular Hbond substituents is 2. The average molecular weight is 252 g/mol. The molecule has 0 fully saturated rings. The number of aliphatic hydroxyl groups is 1. The van der Waals surface area contributed by atoms with E-state index >= 15 is 0 Å². The van der Waals surface area contributed by atoms with Crippen molar-refractivity contribution in [2.45, 2.75) is 6.10 Å². The Morgan fingerprint density at radius 3 is 2.50 bits per heavy atom. The molecule has 1 aromatic carbocycles. The van der Waals surface area contributed by atoms with Crippen molar-refractivity contribution < 1.29 is 29.6 Å². The minimum atomic E-state index is -1.86. The number of esters is 1. The van der Waals surface area contributed by atoms with Gasteiger partial charge in [0.05, 0.1) is 7.11 Å². The number of ether oxygens (including phenoxy) is 1. The number of carbonyl (C=O) groups excluding carboxylic acids is 2. The number of benzene rings is 1. The van der Waals surface area contributed by atoms with Crippen LogP contribution in [0.15, 0.2) is 24.3 Å². The first kappa shape index (κ1) is 13.7. The lowest BCUT2D eigenvalue weighted by atomic mass is 10.1. The van der Waals surface area contributed by atoms with Crippen LogP contribution in [-0.2, 0) is 14.3 Å². The summed E-state index contributed by atoms with van der Waals surface area (Å²) in [5.41, 5.74) is 0.427. The van der Waals surface area contributed by atoms with Crippen molar-refractivity contribution in [3.63, 3.8) is 0 Å². The lowest BCUT2D eigenvalue weighted by Crippen LogP contribution is -2.29. The SMILES string of the molecule is COC(=O)C(O)C(=O)/C=C/c1ccc(O)c(O)c1. The molecule has 0 aliphatic carbocycles. The second kappa shape index (κ2) is 5.83. The fourth-order valence-corrected chi connectivity index (χ4v) is 1.14. The molecule has 6 nitrogen and oxygen atoms in total. The second-order valence-electron chi connectivity index (χ2n) is 3.41. The van der Waals surface area contributed by atoms with Crippen molar-refractivity contribution in [2.24, 2.45) is 0 Å². The molecule has 1 atom stereocenters. The van der Waals surface area contributed by atoms with Crippen LogP contribution in [0.3, 0.4) is 0 Å². The lowest BCUT2D eigenvalue weighted by Gasteiger charge is -2.03. The third-order valence-corrected chi connectivity index (χ3v) is 2.13. The zero-order chi connectivity index (χ0) is 13.7. The quantitative estimate of drug-likeness (QED) is 0.306. The van der Waals surface area contributed by atoms with Gasteiger partial charge in [-0.15, -0.1) is 0 Å². The zero-order valence-corrected chi connectivity index (χ0v) is 9.53. The standard InChI is InChI=1S/C12H12O6/c1-18-12(17)11(16)9(14)5-3-7-2-4-8(13)10(15)6-7/h2-6,11,13,15-16H,1H3/b5-3+. The number of rotatable bonds is 4. The van der Waals surface area contributed by atoms with Crippen molar-refractivity contribution in [1.82, 2.24) is 0 Å². The first-order valence-electron chi connectivity index (χ1n) is 4.95. The maximum absolute atomic E-state index is 11.3. The normalized spacial score (nSPS) is 12.3. The van der Waals surface area contributed by atoms with Gasteiger partial charge in [0.25, 0.3) is 0 Å². The number of phenols is 2. The van der Waals surface area contributed by atoms with Gasteiger partial charge in [-0.2, -0.15) is 0 Å². The molecule has 0 bridgehead atoms. The molecule has 1 unspecified atom stereocenters. The Hall–Kier alpha value is -2.34. The predicted octanol–water partition coefficient (Wildman–Crippen LogP) is 0.214. The van der Waals surface area contributed by atoms with Gasteiger partial charge < -0.3 is 20.1 Å². The summed E-state index contributed by atoms with van der Waals surface area (Å²) in [5.74, 6) is -2.50. The largest absolute Gasteiger partial charge is 0.504 e. The minimum absolute atomic E-state index is 0.284. The molecule has 0 heterocycles. The number of carbonyl (C=O) groups is 2. The van der Waals surface area contributed by atoms with Gasteiger partial charge in [0, 0.05) is 0 Å². The molecule has 1 aromatic rings. The monoisotopic (exact) mass is 252 g/mol. The van der Waals surface area contributed by atoms with E-state index in [1.165, 1.54) is 24.3 Å². The molecular weight excluding hydrogens is 240 g/mol. The Labute approximate surface area is 103 Å². The number of hydrogen-bond donors (Lipinski definition) is 3. The van der Waals surface area contributed by atoms with E-state index in [0.717, 1.165) is 13.2 Å². The van der Waals surface area contributed by atoms with E-state index in [4.69, 9.17) is 5.11 Å². The Kier molecular flexibility index (Phi) is 4.45. The molecule has 0 saturated carbocycles. The van der Waals surface area contributed by atoms with Gasteiger partial charge >= 0.3 is 5.97 Å². The molecule has 0 radical (unpaired) electrons.